The summed E-state index contributed by atoms with van der Waals surface area (Å²) in [7, 11) is 0. The van der Waals surface area contributed by atoms with Gasteiger partial charge in [-0.2, -0.15) is 0 Å². The standard InChI is InChI=1S/C23H27BrN2O3/c1-16-13-17(2)15-21(14-16)29-12-9-25-22(27)18-7-10-26(11-8-18)23(28)19-3-5-20(24)6-4-19/h3-6,13-15,18H,7-12H2,1-2H3,(H,25,27). The fourth-order valence-corrected chi connectivity index (χ4v) is 3.89. The van der Waals surface area contributed by atoms with Gasteiger partial charge in [0, 0.05) is 29.0 Å². The summed E-state index contributed by atoms with van der Waals surface area (Å²) in [4.78, 5) is 26.8. The lowest BCUT2D eigenvalue weighted by molar-refractivity contribution is -0.126. The van der Waals surface area contributed by atoms with Gasteiger partial charge in [-0.25, -0.2) is 0 Å². The van der Waals surface area contributed by atoms with E-state index in [9.17, 15) is 9.59 Å². The molecule has 2 aromatic carbocycles. The summed E-state index contributed by atoms with van der Waals surface area (Å²) in [5, 5.41) is 2.96. The number of likely N-dealkylation sites (tertiary alicyclic amines) is 1. The molecule has 1 N–H and O–H groups in total. The normalized spacial score (nSPS) is 14.5. The van der Waals surface area contributed by atoms with Crippen LogP contribution in [0.1, 0.15) is 34.3 Å². The first-order valence-corrected chi connectivity index (χ1v) is 10.8. The molecule has 2 amide bonds. The van der Waals surface area contributed by atoms with Crippen LogP contribution in [0.5, 0.6) is 5.75 Å². The molecule has 1 heterocycles. The highest BCUT2D eigenvalue weighted by atomic mass is 79.9. The fraction of sp³-hybridized carbons (Fsp3) is 0.391. The second-order valence-electron chi connectivity index (χ2n) is 7.54. The number of hydrogen-bond donors (Lipinski definition) is 1. The third-order valence-electron chi connectivity index (χ3n) is 5.11. The minimum absolute atomic E-state index is 0.0261. The summed E-state index contributed by atoms with van der Waals surface area (Å²) >= 11 is 3.38. The number of nitrogens with one attached hydrogen (secondary N) is 1. The molecule has 0 bridgehead atoms. The molecule has 6 heteroatoms. The zero-order valence-electron chi connectivity index (χ0n) is 16.9. The molecule has 0 aromatic heterocycles. The maximum atomic E-state index is 12.6. The number of benzene rings is 2. The summed E-state index contributed by atoms with van der Waals surface area (Å²) < 4.78 is 6.69. The maximum Gasteiger partial charge on any atom is 0.253 e. The average Bonchev–Trinajstić information content (AvgIpc) is 2.70. The van der Waals surface area contributed by atoms with Gasteiger partial charge in [0.05, 0.1) is 6.54 Å². The van der Waals surface area contributed by atoms with Crippen LogP contribution in [-0.4, -0.2) is 43.0 Å². The Balaban J connectivity index is 1.39. The van der Waals surface area contributed by atoms with Crippen molar-refractivity contribution >= 4 is 27.7 Å². The van der Waals surface area contributed by atoms with Gasteiger partial charge >= 0.3 is 0 Å². The highest BCUT2D eigenvalue weighted by molar-refractivity contribution is 9.10. The van der Waals surface area contributed by atoms with E-state index in [1.165, 1.54) is 0 Å². The van der Waals surface area contributed by atoms with Crippen molar-refractivity contribution in [1.82, 2.24) is 10.2 Å². The Morgan fingerprint density at radius 1 is 1.07 bits per heavy atom. The number of amides is 2. The Hall–Kier alpha value is -2.34. The molecule has 0 saturated carbocycles. The molecule has 3 rings (SSSR count). The molecule has 1 aliphatic rings. The number of nitrogens with zero attached hydrogens (tertiary/aromatic N) is 1. The summed E-state index contributed by atoms with van der Waals surface area (Å²) in [6, 6.07) is 13.5. The highest BCUT2D eigenvalue weighted by Crippen LogP contribution is 2.20. The maximum absolute atomic E-state index is 12.6. The first kappa shape index (κ1) is 21.4. The monoisotopic (exact) mass is 458 g/mol. The van der Waals surface area contributed by atoms with Crippen molar-refractivity contribution in [1.29, 1.82) is 0 Å². The predicted molar refractivity (Wildman–Crippen MR) is 117 cm³/mol. The number of aryl methyl sites for hydroxylation is 2. The van der Waals surface area contributed by atoms with Gasteiger partial charge in [0.25, 0.3) is 5.91 Å². The van der Waals surface area contributed by atoms with Crippen LogP contribution in [-0.2, 0) is 4.79 Å². The second-order valence-corrected chi connectivity index (χ2v) is 8.45. The molecule has 5 nitrogen and oxygen atoms in total. The van der Waals surface area contributed by atoms with Gasteiger partial charge < -0.3 is 15.0 Å². The Bertz CT molecular complexity index is 839. The van der Waals surface area contributed by atoms with Crippen LogP contribution < -0.4 is 10.1 Å². The van der Waals surface area contributed by atoms with Gasteiger partial charge in [-0.15, -0.1) is 0 Å². The average molecular weight is 459 g/mol. The molecule has 154 valence electrons. The topological polar surface area (TPSA) is 58.6 Å². The van der Waals surface area contributed by atoms with E-state index in [0.717, 1.165) is 21.3 Å². The van der Waals surface area contributed by atoms with Crippen molar-refractivity contribution in [3.8, 4) is 5.75 Å². The number of rotatable bonds is 6. The second kappa shape index (κ2) is 9.92. The van der Waals surface area contributed by atoms with E-state index >= 15 is 0 Å². The van der Waals surface area contributed by atoms with Crippen LogP contribution in [0.15, 0.2) is 46.9 Å². The molecular formula is C23H27BrN2O3. The van der Waals surface area contributed by atoms with Crippen LogP contribution in [0.4, 0.5) is 0 Å². The molecule has 1 aliphatic heterocycles. The molecule has 0 spiro atoms. The van der Waals surface area contributed by atoms with Crippen molar-refractivity contribution in [3.05, 3.63) is 63.6 Å². The quantitative estimate of drug-likeness (QED) is 0.662. The van der Waals surface area contributed by atoms with Gasteiger partial charge in [-0.05, 0) is 74.2 Å². The van der Waals surface area contributed by atoms with E-state index < -0.39 is 0 Å². The van der Waals surface area contributed by atoms with Crippen LogP contribution in [0.3, 0.4) is 0 Å². The Morgan fingerprint density at radius 3 is 2.31 bits per heavy atom. The first-order chi connectivity index (χ1) is 13.9. The number of piperidine rings is 1. The fourth-order valence-electron chi connectivity index (χ4n) is 3.62. The minimum atomic E-state index is -0.0508. The smallest absolute Gasteiger partial charge is 0.253 e. The lowest BCUT2D eigenvalue weighted by Gasteiger charge is -2.31. The zero-order chi connectivity index (χ0) is 20.8. The van der Waals surface area contributed by atoms with Gasteiger partial charge in [0.2, 0.25) is 5.91 Å². The summed E-state index contributed by atoms with van der Waals surface area (Å²) in [5.74, 6) is 0.852. The molecule has 0 radical (unpaired) electrons. The van der Waals surface area contributed by atoms with E-state index in [2.05, 4.69) is 27.3 Å². The number of hydrogen-bond acceptors (Lipinski definition) is 3. The molecule has 2 aromatic rings. The van der Waals surface area contributed by atoms with Crippen molar-refractivity contribution in [2.45, 2.75) is 26.7 Å². The molecule has 1 fully saturated rings. The van der Waals surface area contributed by atoms with Crippen molar-refractivity contribution in [3.63, 3.8) is 0 Å². The van der Waals surface area contributed by atoms with Crippen LogP contribution in [0.2, 0.25) is 0 Å². The van der Waals surface area contributed by atoms with Gasteiger partial charge in [0.1, 0.15) is 12.4 Å². The first-order valence-electron chi connectivity index (χ1n) is 9.96. The van der Waals surface area contributed by atoms with Gasteiger partial charge in [-0.1, -0.05) is 22.0 Å². The van der Waals surface area contributed by atoms with E-state index in [1.54, 1.807) is 0 Å². The molecular weight excluding hydrogens is 432 g/mol. The summed E-state index contributed by atoms with van der Waals surface area (Å²) in [6.45, 7) is 6.20. The summed E-state index contributed by atoms with van der Waals surface area (Å²) in [6.07, 6.45) is 1.37. The van der Waals surface area contributed by atoms with Crippen molar-refractivity contribution in [2.24, 2.45) is 5.92 Å². The van der Waals surface area contributed by atoms with Crippen LogP contribution in [0.25, 0.3) is 0 Å². The minimum Gasteiger partial charge on any atom is -0.492 e. The molecule has 29 heavy (non-hydrogen) atoms. The molecule has 0 aliphatic carbocycles. The Labute approximate surface area is 180 Å². The molecule has 1 saturated heterocycles. The molecule has 0 unspecified atom stereocenters. The zero-order valence-corrected chi connectivity index (χ0v) is 18.5. The van der Waals surface area contributed by atoms with Crippen molar-refractivity contribution < 1.29 is 14.3 Å². The summed E-state index contributed by atoms with van der Waals surface area (Å²) in [5.41, 5.74) is 3.00. The Morgan fingerprint density at radius 2 is 1.69 bits per heavy atom. The third kappa shape index (κ3) is 6.07. The van der Waals surface area contributed by atoms with E-state index in [1.807, 2.05) is 55.1 Å². The SMILES string of the molecule is Cc1cc(C)cc(OCCNC(=O)C2CCN(C(=O)c3ccc(Br)cc3)CC2)c1. The number of ether oxygens (including phenoxy) is 1. The molecule has 0 atom stereocenters. The van der Waals surface area contributed by atoms with Gasteiger partial charge in [0.15, 0.2) is 0 Å². The number of carbonyl (C=O) groups excluding carboxylic acids is 2. The highest BCUT2D eigenvalue weighted by Gasteiger charge is 2.27. The Kier molecular flexibility index (Phi) is 7.31. The van der Waals surface area contributed by atoms with E-state index in [-0.39, 0.29) is 17.7 Å². The van der Waals surface area contributed by atoms with Gasteiger partial charge in [-0.3, -0.25) is 9.59 Å². The lowest BCUT2D eigenvalue weighted by Crippen LogP contribution is -2.43. The number of carbonyl (C=O) groups is 2. The lowest BCUT2D eigenvalue weighted by atomic mass is 9.95. The van der Waals surface area contributed by atoms with Crippen molar-refractivity contribution in [2.75, 3.05) is 26.2 Å². The van der Waals surface area contributed by atoms with Crippen LogP contribution >= 0.6 is 15.9 Å². The third-order valence-corrected chi connectivity index (χ3v) is 5.64. The largest absolute Gasteiger partial charge is 0.492 e. The van der Waals surface area contributed by atoms with E-state index in [0.29, 0.717) is 44.6 Å². The predicted octanol–water partition coefficient (Wildman–Crippen LogP) is 4.11. The van der Waals surface area contributed by atoms with Crippen LogP contribution in [0, 0.1) is 19.8 Å². The van der Waals surface area contributed by atoms with E-state index in [4.69, 9.17) is 4.74 Å². The number of halogens is 1.